The van der Waals surface area contributed by atoms with Gasteiger partial charge in [0.05, 0.1) is 12.6 Å². The van der Waals surface area contributed by atoms with Crippen LogP contribution in [-0.4, -0.2) is 85.1 Å². The second kappa shape index (κ2) is 44.2. The molecule has 12 nitrogen and oxygen atoms in total. The number of fused-ring (bicyclic) bond motifs is 1. The fraction of sp³-hybridized carbons (Fsp3) is 0.828. The van der Waals surface area contributed by atoms with Crippen molar-refractivity contribution in [3.63, 3.8) is 0 Å². The van der Waals surface area contributed by atoms with Crippen LogP contribution in [0.4, 0.5) is 4.79 Å². The number of carbonyl (C=O) groups is 5. The Labute approximate surface area is 462 Å². The number of unbranched alkanes of at least 4 members (excludes halogenated alkanes) is 29. The van der Waals surface area contributed by atoms with Gasteiger partial charge in [-0.2, -0.15) is 0 Å². The molecule has 1 saturated heterocycles. The van der Waals surface area contributed by atoms with Gasteiger partial charge < -0.3 is 28.6 Å². The third-order valence-corrected chi connectivity index (χ3v) is 15.8. The summed E-state index contributed by atoms with van der Waals surface area (Å²) < 4.78 is 28.9. The predicted octanol–water partition coefficient (Wildman–Crippen LogP) is 16.2. The van der Waals surface area contributed by atoms with Gasteiger partial charge >= 0.3 is 24.1 Å². The third kappa shape index (κ3) is 31.1. The van der Waals surface area contributed by atoms with E-state index in [0.717, 1.165) is 82.6 Å². The van der Waals surface area contributed by atoms with Crippen LogP contribution in [0.15, 0.2) is 30.3 Å². The second-order valence-electron chi connectivity index (χ2n) is 22.6. The van der Waals surface area contributed by atoms with Crippen molar-refractivity contribution in [2.75, 3.05) is 19.8 Å². The fourth-order valence-corrected chi connectivity index (χ4v) is 11.1. The van der Waals surface area contributed by atoms with Crippen molar-refractivity contribution in [2.45, 2.75) is 315 Å². The maximum atomic E-state index is 14.5. The van der Waals surface area contributed by atoms with Gasteiger partial charge in [-0.1, -0.05) is 244 Å². The standard InChI is InChI=1S/C64H110N2O10/c1-5-8-11-14-17-19-21-23-25-27-29-31-37-45-60(67)73-51-56(52-74-61(68)46-38-32-30-28-26-24-22-20-18-15-12-9-6-2)75-63(70)57(48-47-54-41-35-34-36-42-54)65-53(4)62(69)66-58-44-40-43-55(58)50-59(66)76-64(71)72-49-39-33-16-13-10-7-3/h34-36,41-42,53,55-59,65H,5-33,37-40,43-52H2,1-4H3/t53-,55-,57-,58-,59-/m0/s1. The first-order valence-corrected chi connectivity index (χ1v) is 31.6. The maximum Gasteiger partial charge on any atom is 0.510 e. The quantitative estimate of drug-likeness (QED) is 0.0378. The first-order valence-electron chi connectivity index (χ1n) is 31.6. The Hall–Kier alpha value is -3.67. The highest BCUT2D eigenvalue weighted by Gasteiger charge is 2.49. The summed E-state index contributed by atoms with van der Waals surface area (Å²) in [6.45, 7) is 8.20. The van der Waals surface area contributed by atoms with Crippen molar-refractivity contribution in [3.05, 3.63) is 35.9 Å². The molecule has 2 fully saturated rings. The monoisotopic (exact) mass is 1070 g/mol. The van der Waals surface area contributed by atoms with Crippen LogP contribution in [0.25, 0.3) is 0 Å². The highest BCUT2D eigenvalue weighted by Crippen LogP contribution is 2.42. The Morgan fingerprint density at radius 3 is 1.49 bits per heavy atom. The molecule has 0 radical (unpaired) electrons. The predicted molar refractivity (Wildman–Crippen MR) is 306 cm³/mol. The number of hydrogen-bond donors (Lipinski definition) is 1. The number of hydrogen-bond acceptors (Lipinski definition) is 11. The van der Waals surface area contributed by atoms with Crippen LogP contribution in [0.2, 0.25) is 0 Å². The molecule has 1 saturated carbocycles. The summed E-state index contributed by atoms with van der Waals surface area (Å²) in [6.07, 6.45) is 39.9. The Balaban J connectivity index is 1.59. The van der Waals surface area contributed by atoms with E-state index in [1.54, 1.807) is 11.8 Å². The molecule has 1 aromatic rings. The summed E-state index contributed by atoms with van der Waals surface area (Å²) in [5.41, 5.74) is 1.02. The number of benzene rings is 1. The van der Waals surface area contributed by atoms with Gasteiger partial charge in [-0.05, 0) is 63.4 Å². The topological polar surface area (TPSA) is 147 Å². The van der Waals surface area contributed by atoms with Gasteiger partial charge in [0.1, 0.15) is 19.3 Å². The lowest BCUT2D eigenvalue weighted by Gasteiger charge is -2.33. The first-order chi connectivity index (χ1) is 37.2. The minimum Gasteiger partial charge on any atom is -0.462 e. The maximum absolute atomic E-state index is 14.5. The van der Waals surface area contributed by atoms with Crippen molar-refractivity contribution in [1.82, 2.24) is 10.2 Å². The van der Waals surface area contributed by atoms with E-state index in [2.05, 4.69) is 26.1 Å². The molecule has 5 atom stereocenters. The average molecular weight is 1070 g/mol. The SMILES string of the molecule is CCCCCCCCCCCCCCCC(=O)OCC(COC(=O)CCCCCCCCCCCCCCC)OC(=O)[C@H](CCc1ccccc1)N[C@@H](C)C(=O)N1[C@@H](OC(=O)OCCCCCCCC)C[C@@H]2CCC[C@@H]21. The molecule has 0 bridgehead atoms. The van der Waals surface area contributed by atoms with E-state index in [1.807, 2.05) is 30.3 Å². The van der Waals surface area contributed by atoms with Crippen LogP contribution in [0.5, 0.6) is 0 Å². The molecule has 0 aromatic heterocycles. The summed E-state index contributed by atoms with van der Waals surface area (Å²) in [5, 5.41) is 3.30. The van der Waals surface area contributed by atoms with Crippen LogP contribution in [-0.2, 0) is 49.3 Å². The molecule has 1 heterocycles. The Kier molecular flexibility index (Phi) is 38.8. The molecular weight excluding hydrogens is 957 g/mol. The number of nitrogens with one attached hydrogen (secondary N) is 1. The summed E-state index contributed by atoms with van der Waals surface area (Å²) >= 11 is 0. The molecule has 1 aliphatic carbocycles. The average Bonchev–Trinajstić information content (AvgIpc) is 4.01. The van der Waals surface area contributed by atoms with E-state index in [1.165, 1.54) is 148 Å². The zero-order valence-electron chi connectivity index (χ0n) is 48.8. The van der Waals surface area contributed by atoms with Crippen molar-refractivity contribution in [3.8, 4) is 0 Å². The Bertz CT molecular complexity index is 1600. The minimum absolute atomic E-state index is 0.0731. The van der Waals surface area contributed by atoms with Crippen molar-refractivity contribution < 1.29 is 47.7 Å². The highest BCUT2D eigenvalue weighted by atomic mass is 16.7. The largest absolute Gasteiger partial charge is 0.510 e. The van der Waals surface area contributed by atoms with Crippen molar-refractivity contribution in [2.24, 2.45) is 5.92 Å². The molecule has 0 unspecified atom stereocenters. The number of carbonyl (C=O) groups excluding carboxylic acids is 5. The third-order valence-electron chi connectivity index (χ3n) is 15.8. The molecule has 2 aliphatic rings. The van der Waals surface area contributed by atoms with Crippen LogP contribution >= 0.6 is 0 Å². The molecule has 12 heteroatoms. The zero-order valence-corrected chi connectivity index (χ0v) is 48.8. The number of likely N-dealkylation sites (tertiary alicyclic amines) is 1. The van der Waals surface area contributed by atoms with Gasteiger partial charge in [0.15, 0.2) is 12.3 Å². The lowest BCUT2D eigenvalue weighted by molar-refractivity contribution is -0.168. The lowest BCUT2D eigenvalue weighted by atomic mass is 10.0. The Morgan fingerprint density at radius 2 is 1.01 bits per heavy atom. The normalized spacial score (nSPS) is 16.9. The summed E-state index contributed by atoms with van der Waals surface area (Å²) in [4.78, 5) is 69.7. The van der Waals surface area contributed by atoms with Crippen LogP contribution in [0.3, 0.4) is 0 Å². The zero-order chi connectivity index (χ0) is 54.7. The number of ether oxygens (including phenoxy) is 5. The molecule has 1 N–H and O–H groups in total. The van der Waals surface area contributed by atoms with Crippen LogP contribution < -0.4 is 5.32 Å². The van der Waals surface area contributed by atoms with Gasteiger partial charge in [-0.3, -0.25) is 24.5 Å². The Morgan fingerprint density at radius 1 is 0.566 bits per heavy atom. The molecule has 1 aliphatic heterocycles. The molecule has 76 heavy (non-hydrogen) atoms. The van der Waals surface area contributed by atoms with Gasteiger partial charge in [0.25, 0.3) is 0 Å². The molecule has 3 rings (SSSR count). The van der Waals surface area contributed by atoms with E-state index in [9.17, 15) is 24.0 Å². The number of esters is 3. The second-order valence-corrected chi connectivity index (χ2v) is 22.6. The smallest absolute Gasteiger partial charge is 0.462 e. The number of aryl methyl sites for hydroxylation is 1. The van der Waals surface area contributed by atoms with E-state index in [-0.39, 0.29) is 62.5 Å². The van der Waals surface area contributed by atoms with E-state index >= 15 is 0 Å². The van der Waals surface area contributed by atoms with Gasteiger partial charge in [-0.25, -0.2) is 4.79 Å². The first kappa shape index (κ1) is 66.6. The number of amides is 1. The van der Waals surface area contributed by atoms with Crippen LogP contribution in [0, 0.1) is 5.92 Å². The molecule has 1 amide bonds. The molecular formula is C64H110N2O10. The van der Waals surface area contributed by atoms with E-state index in [0.29, 0.717) is 19.3 Å². The van der Waals surface area contributed by atoms with Crippen molar-refractivity contribution >= 4 is 30.0 Å². The fourth-order valence-electron chi connectivity index (χ4n) is 11.1. The minimum atomic E-state index is -1.04. The van der Waals surface area contributed by atoms with Crippen LogP contribution in [0.1, 0.15) is 284 Å². The molecule has 1 aromatic carbocycles. The molecule has 0 spiro atoms. The van der Waals surface area contributed by atoms with Crippen molar-refractivity contribution in [1.29, 1.82) is 0 Å². The van der Waals surface area contributed by atoms with Gasteiger partial charge in [-0.15, -0.1) is 0 Å². The highest BCUT2D eigenvalue weighted by molar-refractivity contribution is 5.84. The lowest BCUT2D eigenvalue weighted by Crippen LogP contribution is -2.55. The van der Waals surface area contributed by atoms with Gasteiger partial charge in [0, 0.05) is 25.3 Å². The van der Waals surface area contributed by atoms with Gasteiger partial charge in [0.2, 0.25) is 5.91 Å². The number of rotatable bonds is 48. The number of nitrogens with zero attached hydrogens (tertiary/aromatic N) is 1. The summed E-state index contributed by atoms with van der Waals surface area (Å²) in [6, 6.07) is 7.96. The molecule has 436 valence electrons. The summed E-state index contributed by atoms with van der Waals surface area (Å²) in [7, 11) is 0. The van der Waals surface area contributed by atoms with E-state index in [4.69, 9.17) is 23.7 Å². The van der Waals surface area contributed by atoms with E-state index < -0.39 is 36.5 Å². The summed E-state index contributed by atoms with van der Waals surface area (Å²) in [5.74, 6) is -1.43.